The molecule has 0 aliphatic heterocycles. The molecule has 0 unspecified atom stereocenters. The Morgan fingerprint density at radius 2 is 2.08 bits per heavy atom. The van der Waals surface area contributed by atoms with Crippen molar-refractivity contribution >= 4 is 12.1 Å². The summed E-state index contributed by atoms with van der Waals surface area (Å²) in [4.78, 5) is 20.9. The van der Waals surface area contributed by atoms with Crippen LogP contribution in [-0.4, -0.2) is 25.8 Å². The van der Waals surface area contributed by atoms with Gasteiger partial charge in [-0.1, -0.05) is 6.08 Å². The van der Waals surface area contributed by atoms with E-state index in [2.05, 4.69) is 14.2 Å². The molecule has 0 saturated carbocycles. The van der Waals surface area contributed by atoms with Gasteiger partial charge in [-0.25, -0.2) is 9.59 Å². The van der Waals surface area contributed by atoms with Crippen LogP contribution in [0.2, 0.25) is 0 Å². The van der Waals surface area contributed by atoms with Crippen LogP contribution in [0.3, 0.4) is 0 Å². The van der Waals surface area contributed by atoms with Crippen molar-refractivity contribution in [3.8, 4) is 0 Å². The lowest BCUT2D eigenvalue weighted by Gasteiger charge is -2.00. The molecule has 0 radical (unpaired) electrons. The van der Waals surface area contributed by atoms with Crippen molar-refractivity contribution in [1.82, 2.24) is 0 Å². The van der Waals surface area contributed by atoms with Crippen molar-refractivity contribution in [3.63, 3.8) is 0 Å². The van der Waals surface area contributed by atoms with Gasteiger partial charge in [0.15, 0.2) is 6.61 Å². The van der Waals surface area contributed by atoms with Crippen LogP contribution in [0.15, 0.2) is 12.3 Å². The van der Waals surface area contributed by atoms with Gasteiger partial charge in [0, 0.05) is 0 Å². The average Bonchev–Trinajstić information content (AvgIpc) is 2.10. The third-order valence-corrected chi connectivity index (χ3v) is 0.836. The van der Waals surface area contributed by atoms with Crippen molar-refractivity contribution in [3.05, 3.63) is 12.3 Å². The van der Waals surface area contributed by atoms with E-state index in [-0.39, 0.29) is 0 Å². The van der Waals surface area contributed by atoms with Crippen molar-refractivity contribution < 1.29 is 23.8 Å². The molecule has 0 aromatic rings. The minimum Gasteiger partial charge on any atom is -0.466 e. The van der Waals surface area contributed by atoms with Crippen LogP contribution < -0.4 is 0 Å². The molecule has 5 nitrogen and oxygen atoms in total. The monoisotopic (exact) mass is 174 g/mol. The fourth-order valence-electron chi connectivity index (χ4n) is 0.334. The van der Waals surface area contributed by atoms with E-state index in [4.69, 9.17) is 0 Å². The van der Waals surface area contributed by atoms with E-state index in [1.165, 1.54) is 13.2 Å². The van der Waals surface area contributed by atoms with Gasteiger partial charge in [0.25, 0.3) is 0 Å². The minimum atomic E-state index is -0.932. The summed E-state index contributed by atoms with van der Waals surface area (Å²) in [5.74, 6) is -0.632. The number of allylic oxidation sites excluding steroid dienone is 1. The van der Waals surface area contributed by atoms with Gasteiger partial charge in [-0.2, -0.15) is 0 Å². The summed E-state index contributed by atoms with van der Waals surface area (Å²) in [5.41, 5.74) is 0. The molecule has 5 heteroatoms. The molecular formula is C7H10O5. The summed E-state index contributed by atoms with van der Waals surface area (Å²) in [6.07, 6.45) is 1.73. The van der Waals surface area contributed by atoms with Gasteiger partial charge in [0.1, 0.15) is 0 Å². The Morgan fingerprint density at radius 3 is 2.58 bits per heavy atom. The Morgan fingerprint density at radius 1 is 1.42 bits per heavy atom. The first-order valence-corrected chi connectivity index (χ1v) is 3.22. The first kappa shape index (κ1) is 10.5. The number of hydrogen-bond donors (Lipinski definition) is 0. The Labute approximate surface area is 69.9 Å². The summed E-state index contributed by atoms with van der Waals surface area (Å²) < 4.78 is 12.9. The fraction of sp³-hybridized carbons (Fsp3) is 0.429. The van der Waals surface area contributed by atoms with Crippen molar-refractivity contribution in [2.24, 2.45) is 0 Å². The Kier molecular flexibility index (Phi) is 5.42. The van der Waals surface area contributed by atoms with E-state index in [9.17, 15) is 9.59 Å². The highest BCUT2D eigenvalue weighted by Crippen LogP contribution is 1.87. The minimum absolute atomic E-state index is 0.438. The van der Waals surface area contributed by atoms with Crippen molar-refractivity contribution in [1.29, 1.82) is 0 Å². The molecule has 0 aromatic heterocycles. The topological polar surface area (TPSA) is 61.8 Å². The van der Waals surface area contributed by atoms with Crippen LogP contribution >= 0.6 is 0 Å². The van der Waals surface area contributed by atoms with E-state index >= 15 is 0 Å². The highest BCUT2D eigenvalue weighted by Gasteiger charge is 2.06. The van der Waals surface area contributed by atoms with Gasteiger partial charge >= 0.3 is 12.1 Å². The summed E-state index contributed by atoms with van der Waals surface area (Å²) in [6, 6.07) is 0. The van der Waals surface area contributed by atoms with Crippen LogP contribution in [0.5, 0.6) is 0 Å². The van der Waals surface area contributed by atoms with Crippen molar-refractivity contribution in [2.45, 2.75) is 6.92 Å². The Bertz CT molecular complexity index is 184. The zero-order valence-electron chi connectivity index (χ0n) is 6.90. The van der Waals surface area contributed by atoms with Crippen LogP contribution in [0.1, 0.15) is 6.92 Å². The van der Waals surface area contributed by atoms with Crippen molar-refractivity contribution in [2.75, 3.05) is 13.7 Å². The molecule has 68 valence electrons. The van der Waals surface area contributed by atoms with Crippen LogP contribution in [0, 0.1) is 0 Å². The predicted molar refractivity (Wildman–Crippen MR) is 39.3 cm³/mol. The molecule has 0 bridgehead atoms. The average molecular weight is 174 g/mol. The molecule has 0 aliphatic carbocycles. The summed E-state index contributed by atoms with van der Waals surface area (Å²) in [6.45, 7) is 1.24. The maximum absolute atomic E-state index is 10.5. The zero-order chi connectivity index (χ0) is 9.40. The summed E-state index contributed by atoms with van der Waals surface area (Å²) >= 11 is 0. The first-order valence-electron chi connectivity index (χ1n) is 3.22. The van der Waals surface area contributed by atoms with Gasteiger partial charge in [-0.15, -0.1) is 0 Å². The first-order chi connectivity index (χ1) is 5.70. The van der Waals surface area contributed by atoms with Crippen LogP contribution in [-0.2, 0) is 19.0 Å². The standard InChI is InChI=1S/C7H10O5/c1-3-4-11-7(9)12-5-6(8)10-2/h3-4H,5H2,1-2H3. The molecule has 0 N–H and O–H groups in total. The molecule has 0 heterocycles. The fourth-order valence-corrected chi connectivity index (χ4v) is 0.334. The van der Waals surface area contributed by atoms with Gasteiger partial charge < -0.3 is 14.2 Å². The lowest BCUT2D eigenvalue weighted by Crippen LogP contribution is -2.14. The summed E-state index contributed by atoms with van der Waals surface area (Å²) in [5, 5.41) is 0. The molecule has 0 aliphatic rings. The van der Waals surface area contributed by atoms with Gasteiger partial charge in [0.05, 0.1) is 13.4 Å². The molecule has 12 heavy (non-hydrogen) atoms. The molecule has 0 aromatic carbocycles. The van der Waals surface area contributed by atoms with E-state index in [1.807, 2.05) is 0 Å². The molecule has 0 amide bonds. The molecule has 0 fully saturated rings. The van der Waals surface area contributed by atoms with E-state index in [0.717, 1.165) is 6.26 Å². The Hall–Kier alpha value is -1.52. The summed E-state index contributed by atoms with van der Waals surface area (Å²) in [7, 11) is 1.20. The molecule has 0 spiro atoms. The third kappa shape index (κ3) is 5.28. The maximum Gasteiger partial charge on any atom is 0.513 e. The Balaban J connectivity index is 3.50. The van der Waals surface area contributed by atoms with E-state index < -0.39 is 18.7 Å². The highest BCUT2D eigenvalue weighted by atomic mass is 16.7. The number of esters is 1. The van der Waals surface area contributed by atoms with Gasteiger partial charge in [0.2, 0.25) is 0 Å². The number of methoxy groups -OCH3 is 1. The van der Waals surface area contributed by atoms with E-state index in [0.29, 0.717) is 0 Å². The van der Waals surface area contributed by atoms with Gasteiger partial charge in [-0.3, -0.25) is 0 Å². The third-order valence-electron chi connectivity index (χ3n) is 0.836. The number of carbonyl (C=O) groups excluding carboxylic acids is 2. The van der Waals surface area contributed by atoms with Crippen LogP contribution in [0.25, 0.3) is 0 Å². The molecule has 0 atom stereocenters. The molecule has 0 rings (SSSR count). The number of hydrogen-bond acceptors (Lipinski definition) is 5. The SMILES string of the molecule is CC=COC(=O)OCC(=O)OC. The van der Waals surface area contributed by atoms with Gasteiger partial charge in [-0.05, 0) is 6.92 Å². The van der Waals surface area contributed by atoms with E-state index in [1.54, 1.807) is 6.92 Å². The quantitative estimate of drug-likeness (QED) is 0.468. The second-order valence-corrected chi connectivity index (χ2v) is 1.70. The predicted octanol–water partition coefficient (Wildman–Crippen LogP) is 0.846. The smallest absolute Gasteiger partial charge is 0.466 e. The van der Waals surface area contributed by atoms with Crippen LogP contribution in [0.4, 0.5) is 4.79 Å². The number of rotatable bonds is 3. The highest BCUT2D eigenvalue weighted by molar-refractivity contribution is 5.73. The number of carbonyl (C=O) groups is 2. The largest absolute Gasteiger partial charge is 0.513 e. The molecule has 0 saturated heterocycles. The zero-order valence-corrected chi connectivity index (χ0v) is 6.90. The maximum atomic E-state index is 10.5. The number of ether oxygens (including phenoxy) is 3. The lowest BCUT2D eigenvalue weighted by atomic mass is 10.7. The normalized spacial score (nSPS) is 9.50. The second kappa shape index (κ2) is 6.21. The molecular weight excluding hydrogens is 164 g/mol. The second-order valence-electron chi connectivity index (χ2n) is 1.70. The lowest BCUT2D eigenvalue weighted by molar-refractivity contribution is -0.144.